The maximum absolute atomic E-state index is 2.61. The minimum Gasteiger partial charge on any atom is -0.372 e. The molecule has 0 radical (unpaired) electrons. The smallest absolute Gasteiger partial charge is 0.0372 e. The van der Waals surface area contributed by atoms with Gasteiger partial charge in [0.2, 0.25) is 0 Å². The largest absolute Gasteiger partial charge is 0.372 e. The van der Waals surface area contributed by atoms with Crippen LogP contribution >= 0.6 is 0 Å². The summed E-state index contributed by atoms with van der Waals surface area (Å²) in [6, 6.07) is 55.3. The van der Waals surface area contributed by atoms with Gasteiger partial charge in [0.15, 0.2) is 0 Å². The lowest BCUT2D eigenvalue weighted by atomic mass is 9.84. The molecule has 0 spiro atoms. The van der Waals surface area contributed by atoms with Gasteiger partial charge in [0.05, 0.1) is 0 Å². The Balaban J connectivity index is 1.22. The molecular weight excluding hydrogens is 629 g/mol. The van der Waals surface area contributed by atoms with Crippen LogP contribution < -0.4 is 9.80 Å². The van der Waals surface area contributed by atoms with Gasteiger partial charge in [-0.1, -0.05) is 109 Å². The van der Waals surface area contributed by atoms with Crippen molar-refractivity contribution in [1.29, 1.82) is 0 Å². The fourth-order valence-corrected chi connectivity index (χ4v) is 9.07. The number of fused-ring (bicyclic) bond motifs is 4. The zero-order chi connectivity index (χ0) is 34.4. The Morgan fingerprint density at radius 1 is 0.288 bits per heavy atom. The first-order valence-corrected chi connectivity index (χ1v) is 19.4. The van der Waals surface area contributed by atoms with Crippen LogP contribution in [0.1, 0.15) is 38.5 Å². The van der Waals surface area contributed by atoms with Crippen molar-refractivity contribution in [3.05, 3.63) is 146 Å². The van der Waals surface area contributed by atoms with E-state index in [9.17, 15) is 0 Å². The summed E-state index contributed by atoms with van der Waals surface area (Å²) in [6.45, 7) is 4.52. The third-order valence-corrected chi connectivity index (χ3v) is 11.8. The molecule has 0 bridgehead atoms. The number of hydrogen-bond acceptors (Lipinski definition) is 2. The average molecular weight is 673 g/mol. The molecule has 254 valence electrons. The van der Waals surface area contributed by atoms with Crippen LogP contribution in [0.4, 0.5) is 11.4 Å². The van der Waals surface area contributed by atoms with E-state index in [1.165, 1.54) is 126 Å². The monoisotopic (exact) mass is 672 g/mol. The Labute approximate surface area is 306 Å². The third kappa shape index (κ3) is 5.58. The summed E-state index contributed by atoms with van der Waals surface area (Å²) >= 11 is 0. The molecule has 2 heterocycles. The molecule has 8 aromatic rings. The quantitative estimate of drug-likeness (QED) is 0.168. The summed E-state index contributed by atoms with van der Waals surface area (Å²) in [6.07, 6.45) is 7.72. The highest BCUT2D eigenvalue weighted by atomic mass is 15.1. The molecule has 2 saturated heterocycles. The summed E-state index contributed by atoms with van der Waals surface area (Å²) in [4.78, 5) is 5.21. The maximum Gasteiger partial charge on any atom is 0.0372 e. The van der Waals surface area contributed by atoms with E-state index >= 15 is 0 Å². The molecule has 0 unspecified atom stereocenters. The molecule has 8 aromatic carbocycles. The lowest BCUT2D eigenvalue weighted by molar-refractivity contribution is 0.578. The Bertz CT molecular complexity index is 2590. The fourth-order valence-electron chi connectivity index (χ4n) is 9.07. The van der Waals surface area contributed by atoms with Gasteiger partial charge in [-0.2, -0.15) is 0 Å². The van der Waals surface area contributed by atoms with Crippen LogP contribution in [0.25, 0.3) is 76.5 Å². The Morgan fingerprint density at radius 3 is 1.25 bits per heavy atom. The summed E-state index contributed by atoms with van der Waals surface area (Å²) in [5.74, 6) is 0. The van der Waals surface area contributed by atoms with E-state index in [2.05, 4.69) is 155 Å². The fraction of sp³-hybridized carbons (Fsp3) is 0.200. The molecular formula is C50H44N2. The molecule has 0 atom stereocenters. The van der Waals surface area contributed by atoms with Gasteiger partial charge in [0, 0.05) is 37.6 Å². The first kappa shape index (κ1) is 31.2. The van der Waals surface area contributed by atoms with Gasteiger partial charge in [0.1, 0.15) is 0 Å². The van der Waals surface area contributed by atoms with Gasteiger partial charge in [-0.25, -0.2) is 0 Å². The van der Waals surface area contributed by atoms with Crippen molar-refractivity contribution in [2.24, 2.45) is 0 Å². The second kappa shape index (κ2) is 13.2. The topological polar surface area (TPSA) is 6.48 Å². The van der Waals surface area contributed by atoms with Crippen molar-refractivity contribution in [1.82, 2.24) is 0 Å². The lowest BCUT2D eigenvalue weighted by Crippen LogP contribution is -2.29. The van der Waals surface area contributed by atoms with Crippen molar-refractivity contribution in [2.75, 3.05) is 36.0 Å². The molecule has 0 aliphatic carbocycles. The van der Waals surface area contributed by atoms with Crippen LogP contribution in [0.2, 0.25) is 0 Å². The highest BCUT2D eigenvalue weighted by Gasteiger charge is 2.21. The molecule has 0 amide bonds. The highest BCUT2D eigenvalue weighted by molar-refractivity contribution is 6.22. The Hall–Kier alpha value is -5.60. The van der Waals surface area contributed by atoms with Gasteiger partial charge in [-0.15, -0.1) is 0 Å². The van der Waals surface area contributed by atoms with Gasteiger partial charge in [0.25, 0.3) is 0 Å². The van der Waals surface area contributed by atoms with Crippen molar-refractivity contribution in [2.45, 2.75) is 38.5 Å². The molecule has 2 aliphatic rings. The highest BCUT2D eigenvalue weighted by Crippen LogP contribution is 2.47. The molecule has 2 aliphatic heterocycles. The first-order chi connectivity index (χ1) is 25.8. The van der Waals surface area contributed by atoms with Gasteiger partial charge < -0.3 is 9.80 Å². The van der Waals surface area contributed by atoms with Crippen LogP contribution in [0, 0.1) is 0 Å². The minimum absolute atomic E-state index is 1.13. The number of rotatable bonds is 5. The number of anilines is 2. The van der Waals surface area contributed by atoms with E-state index in [4.69, 9.17) is 0 Å². The van der Waals surface area contributed by atoms with Crippen molar-refractivity contribution < 1.29 is 0 Å². The SMILES string of the molecule is c1ccc2cc(-c3ccc(-c4c5ccc(N6CCCCC6)cc5c(-c5ccc6ccccc6c5)c5ccc(N6CCCCC6)cc45)cc3)ccc2c1. The van der Waals surface area contributed by atoms with Crippen LogP contribution in [0.3, 0.4) is 0 Å². The summed E-state index contributed by atoms with van der Waals surface area (Å²) < 4.78 is 0. The molecule has 10 rings (SSSR count). The normalized spacial score (nSPS) is 15.2. The molecule has 0 saturated carbocycles. The van der Waals surface area contributed by atoms with Crippen LogP contribution in [-0.4, -0.2) is 26.2 Å². The van der Waals surface area contributed by atoms with E-state index in [-0.39, 0.29) is 0 Å². The molecule has 0 aromatic heterocycles. The minimum atomic E-state index is 1.13. The second-order valence-electron chi connectivity index (χ2n) is 15.0. The van der Waals surface area contributed by atoms with Crippen LogP contribution in [0.5, 0.6) is 0 Å². The first-order valence-electron chi connectivity index (χ1n) is 19.4. The summed E-state index contributed by atoms with van der Waals surface area (Å²) in [5, 5.41) is 10.4. The zero-order valence-electron chi connectivity index (χ0n) is 29.8. The number of piperidine rings is 2. The van der Waals surface area contributed by atoms with Gasteiger partial charge in [-0.3, -0.25) is 0 Å². The van der Waals surface area contributed by atoms with Gasteiger partial charge >= 0.3 is 0 Å². The molecule has 52 heavy (non-hydrogen) atoms. The van der Waals surface area contributed by atoms with Crippen molar-refractivity contribution in [3.8, 4) is 33.4 Å². The molecule has 2 heteroatoms. The van der Waals surface area contributed by atoms with Crippen LogP contribution in [-0.2, 0) is 0 Å². The van der Waals surface area contributed by atoms with E-state index in [1.807, 2.05) is 0 Å². The predicted molar refractivity (Wildman–Crippen MR) is 225 cm³/mol. The summed E-state index contributed by atoms with van der Waals surface area (Å²) in [5.41, 5.74) is 10.4. The molecule has 2 nitrogen and oxygen atoms in total. The molecule has 0 N–H and O–H groups in total. The van der Waals surface area contributed by atoms with Crippen molar-refractivity contribution >= 4 is 54.5 Å². The third-order valence-electron chi connectivity index (χ3n) is 11.8. The summed E-state index contributed by atoms with van der Waals surface area (Å²) in [7, 11) is 0. The number of benzene rings is 8. The average Bonchev–Trinajstić information content (AvgIpc) is 3.23. The zero-order valence-corrected chi connectivity index (χ0v) is 29.8. The Kier molecular flexibility index (Phi) is 7.90. The Morgan fingerprint density at radius 2 is 0.712 bits per heavy atom. The maximum atomic E-state index is 2.61. The van der Waals surface area contributed by atoms with Crippen molar-refractivity contribution in [3.63, 3.8) is 0 Å². The second-order valence-corrected chi connectivity index (χ2v) is 15.0. The van der Waals surface area contributed by atoms with E-state index in [0.717, 1.165) is 26.2 Å². The van der Waals surface area contributed by atoms with E-state index < -0.39 is 0 Å². The van der Waals surface area contributed by atoms with E-state index in [0.29, 0.717) is 0 Å². The number of nitrogens with zero attached hydrogens (tertiary/aromatic N) is 2. The number of hydrogen-bond donors (Lipinski definition) is 0. The van der Waals surface area contributed by atoms with Gasteiger partial charge in [-0.05, 0) is 151 Å². The van der Waals surface area contributed by atoms with Crippen LogP contribution in [0.15, 0.2) is 146 Å². The van der Waals surface area contributed by atoms with E-state index in [1.54, 1.807) is 0 Å². The predicted octanol–water partition coefficient (Wildman–Crippen LogP) is 13.3. The molecule has 2 fully saturated rings. The lowest BCUT2D eigenvalue weighted by Gasteiger charge is -2.30. The standard InChI is InChI=1S/C50H44N2/c1-7-27-51(28-8-1)43-24-26-46-47(33-43)49(38-19-15-37(16-20-38)41-21-17-35-11-3-5-13-39(35)31-41)45-25-23-44(52-29-9-2-10-30-52)34-48(45)50(46)42-22-18-36-12-4-6-14-40(36)32-42/h3-6,11-26,31-34H,1-2,7-10,27-30H2.